The molecule has 1 amide bonds. The minimum Gasteiger partial charge on any atom is -0.323 e. The van der Waals surface area contributed by atoms with Gasteiger partial charge in [0.2, 0.25) is 5.91 Å². The van der Waals surface area contributed by atoms with Crippen LogP contribution >= 0.6 is 0 Å². The molecule has 1 aromatic heterocycles. The molecule has 0 bridgehead atoms. The minimum absolute atomic E-state index is 0.0655. The summed E-state index contributed by atoms with van der Waals surface area (Å²) in [5.41, 5.74) is 6.53. The molecule has 0 radical (unpaired) electrons. The highest BCUT2D eigenvalue weighted by Gasteiger charge is 2.07. The van der Waals surface area contributed by atoms with Crippen LogP contribution in [0.4, 0.5) is 5.69 Å². The van der Waals surface area contributed by atoms with E-state index >= 15 is 0 Å². The third-order valence-corrected chi connectivity index (χ3v) is 1.96. The van der Waals surface area contributed by atoms with Crippen molar-refractivity contribution in [3.05, 3.63) is 30.6 Å². The molecule has 0 fully saturated rings. The van der Waals surface area contributed by atoms with E-state index in [1.165, 1.54) is 11.0 Å². The first-order valence-corrected chi connectivity index (χ1v) is 4.63. The van der Waals surface area contributed by atoms with Crippen molar-refractivity contribution in [2.24, 2.45) is 5.73 Å². The first-order chi connectivity index (χ1) is 7.81. The van der Waals surface area contributed by atoms with Crippen LogP contribution in [0.5, 0.6) is 0 Å². The van der Waals surface area contributed by atoms with E-state index < -0.39 is 0 Å². The van der Waals surface area contributed by atoms with Crippen LogP contribution < -0.4 is 11.1 Å². The number of aromatic nitrogens is 4. The predicted molar refractivity (Wildman–Crippen MR) is 56.8 cm³/mol. The second-order valence-electron chi connectivity index (χ2n) is 3.02. The Morgan fingerprint density at radius 3 is 2.94 bits per heavy atom. The topological polar surface area (TPSA) is 98.7 Å². The van der Waals surface area contributed by atoms with Crippen LogP contribution in [-0.4, -0.2) is 32.7 Å². The SMILES string of the molecule is NCC(=O)Nc1ccccc1-n1cnnn1. The van der Waals surface area contributed by atoms with Crippen molar-refractivity contribution in [1.29, 1.82) is 0 Å². The number of nitrogens with zero attached hydrogens (tertiary/aromatic N) is 4. The van der Waals surface area contributed by atoms with Gasteiger partial charge in [0.1, 0.15) is 6.33 Å². The molecule has 0 saturated carbocycles. The number of anilines is 1. The molecule has 0 unspecified atom stereocenters. The standard InChI is InChI=1S/C9H10N6O/c10-5-9(16)12-7-3-1-2-4-8(7)15-6-11-13-14-15/h1-4,6H,5,10H2,(H,12,16). The number of para-hydroxylation sites is 2. The fourth-order valence-electron chi connectivity index (χ4n) is 1.25. The lowest BCUT2D eigenvalue weighted by Gasteiger charge is -2.08. The van der Waals surface area contributed by atoms with Gasteiger partial charge in [-0.05, 0) is 22.6 Å². The van der Waals surface area contributed by atoms with Gasteiger partial charge in [0.15, 0.2) is 0 Å². The Hall–Kier alpha value is -2.28. The lowest BCUT2D eigenvalue weighted by molar-refractivity contribution is -0.114. The molecule has 82 valence electrons. The molecule has 7 heteroatoms. The summed E-state index contributed by atoms with van der Waals surface area (Å²) >= 11 is 0. The lowest BCUT2D eigenvalue weighted by Crippen LogP contribution is -2.22. The zero-order valence-electron chi connectivity index (χ0n) is 8.37. The Morgan fingerprint density at radius 1 is 1.44 bits per heavy atom. The van der Waals surface area contributed by atoms with Gasteiger partial charge in [0.05, 0.1) is 17.9 Å². The van der Waals surface area contributed by atoms with Gasteiger partial charge in [-0.25, -0.2) is 0 Å². The lowest BCUT2D eigenvalue weighted by atomic mass is 10.2. The second-order valence-corrected chi connectivity index (χ2v) is 3.02. The average molecular weight is 218 g/mol. The van der Waals surface area contributed by atoms with E-state index in [1.54, 1.807) is 18.2 Å². The summed E-state index contributed by atoms with van der Waals surface area (Å²) in [7, 11) is 0. The molecule has 3 N–H and O–H groups in total. The zero-order valence-corrected chi connectivity index (χ0v) is 8.37. The quantitative estimate of drug-likeness (QED) is 0.727. The number of rotatable bonds is 3. The average Bonchev–Trinajstić information content (AvgIpc) is 2.83. The Morgan fingerprint density at radius 2 is 2.25 bits per heavy atom. The highest BCUT2D eigenvalue weighted by atomic mass is 16.1. The van der Waals surface area contributed by atoms with E-state index in [2.05, 4.69) is 20.8 Å². The maximum absolute atomic E-state index is 11.2. The molecule has 7 nitrogen and oxygen atoms in total. The van der Waals surface area contributed by atoms with Crippen molar-refractivity contribution in [3.63, 3.8) is 0 Å². The van der Waals surface area contributed by atoms with Gasteiger partial charge in [-0.1, -0.05) is 12.1 Å². The van der Waals surface area contributed by atoms with Gasteiger partial charge in [-0.2, -0.15) is 4.68 Å². The van der Waals surface area contributed by atoms with E-state index in [-0.39, 0.29) is 12.5 Å². The third-order valence-electron chi connectivity index (χ3n) is 1.96. The Kier molecular flexibility index (Phi) is 2.88. The largest absolute Gasteiger partial charge is 0.323 e. The van der Waals surface area contributed by atoms with Crippen LogP contribution in [0.1, 0.15) is 0 Å². The monoisotopic (exact) mass is 218 g/mol. The number of benzene rings is 1. The second kappa shape index (κ2) is 4.49. The molecule has 0 aliphatic heterocycles. The Labute approximate surface area is 91.3 Å². The normalized spacial score (nSPS) is 10.1. The molecule has 1 aromatic carbocycles. The molecular formula is C9H10N6O. The van der Waals surface area contributed by atoms with E-state index in [1.807, 2.05) is 6.07 Å². The molecule has 0 saturated heterocycles. The van der Waals surface area contributed by atoms with E-state index in [0.717, 1.165) is 0 Å². The van der Waals surface area contributed by atoms with Crippen molar-refractivity contribution in [2.75, 3.05) is 11.9 Å². The molecule has 0 aliphatic rings. The number of amides is 1. The summed E-state index contributed by atoms with van der Waals surface area (Å²) in [6.45, 7) is -0.0655. The Bertz CT molecular complexity index is 481. The predicted octanol–water partition coefficient (Wildman–Crippen LogP) is -0.441. The van der Waals surface area contributed by atoms with Crippen LogP contribution in [0, 0.1) is 0 Å². The maximum Gasteiger partial charge on any atom is 0.238 e. The maximum atomic E-state index is 11.2. The molecule has 1 heterocycles. The van der Waals surface area contributed by atoms with Crippen molar-refractivity contribution >= 4 is 11.6 Å². The van der Waals surface area contributed by atoms with E-state index in [9.17, 15) is 4.79 Å². The third kappa shape index (κ3) is 2.04. The van der Waals surface area contributed by atoms with Crippen molar-refractivity contribution in [1.82, 2.24) is 20.2 Å². The number of tetrazole rings is 1. The van der Waals surface area contributed by atoms with Crippen molar-refractivity contribution in [2.45, 2.75) is 0 Å². The number of carbonyl (C=O) groups excluding carboxylic acids is 1. The molecular weight excluding hydrogens is 208 g/mol. The first-order valence-electron chi connectivity index (χ1n) is 4.63. The molecule has 0 aliphatic carbocycles. The molecule has 2 aromatic rings. The fourth-order valence-corrected chi connectivity index (χ4v) is 1.25. The minimum atomic E-state index is -0.263. The van der Waals surface area contributed by atoms with Crippen LogP contribution in [0.3, 0.4) is 0 Å². The van der Waals surface area contributed by atoms with Crippen molar-refractivity contribution in [3.8, 4) is 5.69 Å². The van der Waals surface area contributed by atoms with E-state index in [0.29, 0.717) is 11.4 Å². The number of nitrogens with one attached hydrogen (secondary N) is 1. The summed E-state index contributed by atoms with van der Waals surface area (Å²) in [5, 5.41) is 13.5. The van der Waals surface area contributed by atoms with E-state index in [4.69, 9.17) is 5.73 Å². The summed E-state index contributed by atoms with van der Waals surface area (Å²) in [4.78, 5) is 11.2. The molecule has 2 rings (SSSR count). The van der Waals surface area contributed by atoms with Gasteiger partial charge in [-0.15, -0.1) is 5.10 Å². The molecule has 16 heavy (non-hydrogen) atoms. The summed E-state index contributed by atoms with van der Waals surface area (Å²) in [6.07, 6.45) is 1.45. The van der Waals surface area contributed by atoms with Gasteiger partial charge in [0, 0.05) is 0 Å². The van der Waals surface area contributed by atoms with Crippen LogP contribution in [-0.2, 0) is 4.79 Å². The molecule has 0 spiro atoms. The Balaban J connectivity index is 2.35. The number of carbonyl (C=O) groups is 1. The highest BCUT2D eigenvalue weighted by molar-refractivity contribution is 5.93. The van der Waals surface area contributed by atoms with Crippen LogP contribution in [0.15, 0.2) is 30.6 Å². The smallest absolute Gasteiger partial charge is 0.238 e. The van der Waals surface area contributed by atoms with Crippen LogP contribution in [0.2, 0.25) is 0 Å². The molecule has 0 atom stereocenters. The van der Waals surface area contributed by atoms with Gasteiger partial charge in [-0.3, -0.25) is 4.79 Å². The summed E-state index contributed by atoms with van der Waals surface area (Å²) in [6, 6.07) is 7.18. The fraction of sp³-hybridized carbons (Fsp3) is 0.111. The van der Waals surface area contributed by atoms with Gasteiger partial charge < -0.3 is 11.1 Å². The van der Waals surface area contributed by atoms with Crippen LogP contribution in [0.25, 0.3) is 5.69 Å². The number of hydrogen-bond acceptors (Lipinski definition) is 5. The summed E-state index contributed by atoms with van der Waals surface area (Å²) < 4.78 is 1.46. The van der Waals surface area contributed by atoms with Gasteiger partial charge in [0.25, 0.3) is 0 Å². The number of nitrogens with two attached hydrogens (primary N) is 1. The number of hydrogen-bond donors (Lipinski definition) is 2. The van der Waals surface area contributed by atoms with Crippen molar-refractivity contribution < 1.29 is 4.79 Å². The summed E-state index contributed by atoms with van der Waals surface area (Å²) in [5.74, 6) is -0.263. The van der Waals surface area contributed by atoms with Gasteiger partial charge >= 0.3 is 0 Å². The zero-order chi connectivity index (χ0) is 11.4. The highest BCUT2D eigenvalue weighted by Crippen LogP contribution is 2.17. The first kappa shape index (κ1) is 10.2.